The number of rotatable bonds is 10. The third-order valence-corrected chi connectivity index (χ3v) is 3.37. The maximum absolute atomic E-state index is 11.1. The predicted octanol–water partition coefficient (Wildman–Crippen LogP) is 3.80. The van der Waals surface area contributed by atoms with Gasteiger partial charge < -0.3 is 14.7 Å². The molecule has 1 N–H and O–H groups in total. The second kappa shape index (κ2) is 9.27. The summed E-state index contributed by atoms with van der Waals surface area (Å²) in [6.45, 7) is 7.98. The Hall–Kier alpha value is -1.71. The Morgan fingerprint density at radius 1 is 1.29 bits per heavy atom. The van der Waals surface area contributed by atoms with Crippen LogP contribution in [0.3, 0.4) is 0 Å². The van der Waals surface area contributed by atoms with Crippen LogP contribution in [0.15, 0.2) is 24.3 Å². The van der Waals surface area contributed by atoms with Crippen molar-refractivity contribution in [3.63, 3.8) is 0 Å². The normalized spacial score (nSPS) is 12.0. The number of carboxylic acid groups (broad SMARTS) is 1. The number of anilines is 1. The van der Waals surface area contributed by atoms with Gasteiger partial charge in [0.2, 0.25) is 0 Å². The van der Waals surface area contributed by atoms with Gasteiger partial charge in [0, 0.05) is 13.1 Å². The van der Waals surface area contributed by atoms with E-state index in [1.54, 1.807) is 6.92 Å². The first-order chi connectivity index (χ1) is 10.1. The summed E-state index contributed by atoms with van der Waals surface area (Å²) in [4.78, 5) is 13.3. The lowest BCUT2D eigenvalue weighted by Crippen LogP contribution is -2.33. The van der Waals surface area contributed by atoms with E-state index in [1.807, 2.05) is 24.3 Å². The fourth-order valence-corrected chi connectivity index (χ4v) is 2.12. The minimum atomic E-state index is -0.761. The van der Waals surface area contributed by atoms with Crippen molar-refractivity contribution in [1.29, 1.82) is 0 Å². The molecule has 0 radical (unpaired) electrons. The molecular formula is C17H27NO3. The summed E-state index contributed by atoms with van der Waals surface area (Å²) in [5, 5.41) is 9.16. The van der Waals surface area contributed by atoms with Crippen LogP contribution >= 0.6 is 0 Å². The Balaban J connectivity index is 2.93. The van der Waals surface area contributed by atoms with Crippen LogP contribution in [-0.2, 0) is 4.79 Å². The van der Waals surface area contributed by atoms with Gasteiger partial charge in [-0.3, -0.25) is 4.79 Å². The van der Waals surface area contributed by atoms with E-state index in [0.29, 0.717) is 13.2 Å². The molecule has 0 fully saturated rings. The van der Waals surface area contributed by atoms with Gasteiger partial charge in [0.05, 0.1) is 18.2 Å². The number of para-hydroxylation sites is 2. The number of aliphatic carboxylic acids is 1. The van der Waals surface area contributed by atoms with Crippen LogP contribution in [0, 0.1) is 5.92 Å². The van der Waals surface area contributed by atoms with Crippen molar-refractivity contribution >= 4 is 11.7 Å². The first-order valence-corrected chi connectivity index (χ1v) is 7.79. The van der Waals surface area contributed by atoms with Gasteiger partial charge in [-0.05, 0) is 25.0 Å². The van der Waals surface area contributed by atoms with E-state index in [2.05, 4.69) is 18.7 Å². The van der Waals surface area contributed by atoms with Crippen molar-refractivity contribution in [1.82, 2.24) is 0 Å². The van der Waals surface area contributed by atoms with Crippen LogP contribution in [0.5, 0.6) is 5.75 Å². The number of nitrogens with zero attached hydrogens (tertiary/aromatic N) is 1. The van der Waals surface area contributed by atoms with Gasteiger partial charge in [0.25, 0.3) is 0 Å². The minimum absolute atomic E-state index is 0.402. The smallest absolute Gasteiger partial charge is 0.308 e. The van der Waals surface area contributed by atoms with Crippen molar-refractivity contribution in [3.05, 3.63) is 24.3 Å². The highest BCUT2D eigenvalue weighted by Gasteiger charge is 2.18. The van der Waals surface area contributed by atoms with E-state index >= 15 is 0 Å². The first-order valence-electron chi connectivity index (χ1n) is 7.79. The third-order valence-electron chi connectivity index (χ3n) is 3.37. The predicted molar refractivity (Wildman–Crippen MR) is 86.1 cm³/mol. The molecule has 0 heterocycles. The third kappa shape index (κ3) is 5.66. The Kier molecular flexibility index (Phi) is 7.65. The fraction of sp³-hybridized carbons (Fsp3) is 0.588. The number of ether oxygens (including phenoxy) is 1. The molecule has 0 saturated heterocycles. The molecule has 0 aromatic heterocycles. The molecule has 1 aromatic carbocycles. The van der Waals surface area contributed by atoms with Gasteiger partial charge in [-0.15, -0.1) is 0 Å². The average molecular weight is 293 g/mol. The highest BCUT2D eigenvalue weighted by molar-refractivity contribution is 5.71. The zero-order valence-electron chi connectivity index (χ0n) is 13.3. The molecule has 4 nitrogen and oxygen atoms in total. The zero-order valence-corrected chi connectivity index (χ0v) is 13.3. The molecule has 0 spiro atoms. The Labute approximate surface area is 127 Å². The van der Waals surface area contributed by atoms with Crippen molar-refractivity contribution in [3.8, 4) is 5.75 Å². The maximum atomic E-state index is 11.1. The summed E-state index contributed by atoms with van der Waals surface area (Å²) < 4.78 is 5.80. The molecule has 0 aliphatic heterocycles. The van der Waals surface area contributed by atoms with Gasteiger partial charge in [-0.2, -0.15) is 0 Å². The van der Waals surface area contributed by atoms with Gasteiger partial charge in [0.1, 0.15) is 5.75 Å². The Morgan fingerprint density at radius 3 is 2.62 bits per heavy atom. The van der Waals surface area contributed by atoms with Crippen LogP contribution in [0.4, 0.5) is 5.69 Å². The number of carboxylic acids is 1. The molecule has 1 atom stereocenters. The number of hydrogen-bond donors (Lipinski definition) is 1. The van der Waals surface area contributed by atoms with E-state index in [0.717, 1.165) is 37.2 Å². The van der Waals surface area contributed by atoms with E-state index in [9.17, 15) is 4.79 Å². The molecule has 0 bridgehead atoms. The summed E-state index contributed by atoms with van der Waals surface area (Å²) >= 11 is 0. The topological polar surface area (TPSA) is 49.8 Å². The summed E-state index contributed by atoms with van der Waals surface area (Å²) in [5.41, 5.74) is 0.993. The molecule has 0 saturated carbocycles. The van der Waals surface area contributed by atoms with Crippen LogP contribution in [-0.4, -0.2) is 30.8 Å². The average Bonchev–Trinajstić information content (AvgIpc) is 2.49. The van der Waals surface area contributed by atoms with E-state index in [4.69, 9.17) is 9.84 Å². The molecule has 118 valence electrons. The summed E-state index contributed by atoms with van der Waals surface area (Å²) in [5.74, 6) is -0.322. The van der Waals surface area contributed by atoms with Crippen LogP contribution in [0.2, 0.25) is 0 Å². The molecule has 0 aliphatic rings. The Morgan fingerprint density at radius 2 is 2.00 bits per heavy atom. The lowest BCUT2D eigenvalue weighted by atomic mass is 10.1. The van der Waals surface area contributed by atoms with Gasteiger partial charge in [-0.25, -0.2) is 0 Å². The molecule has 0 aliphatic carbocycles. The molecule has 1 rings (SSSR count). The molecular weight excluding hydrogens is 266 g/mol. The number of unbranched alkanes of at least 4 members (excludes halogenated alkanes) is 1. The fourth-order valence-electron chi connectivity index (χ4n) is 2.12. The second-order valence-electron chi connectivity index (χ2n) is 5.36. The monoisotopic (exact) mass is 293 g/mol. The van der Waals surface area contributed by atoms with Gasteiger partial charge in [-0.1, -0.05) is 39.3 Å². The highest BCUT2D eigenvalue weighted by atomic mass is 16.5. The summed E-state index contributed by atoms with van der Waals surface area (Å²) in [6, 6.07) is 7.89. The van der Waals surface area contributed by atoms with Gasteiger partial charge in [0.15, 0.2) is 0 Å². The molecule has 1 unspecified atom stereocenters. The summed E-state index contributed by atoms with van der Waals surface area (Å²) in [6.07, 6.45) is 3.07. The second-order valence-corrected chi connectivity index (χ2v) is 5.36. The SMILES string of the molecule is CCCCN(CC(C)C(=O)O)c1ccccc1OCCC. The van der Waals surface area contributed by atoms with Crippen molar-refractivity contribution in [2.75, 3.05) is 24.6 Å². The van der Waals surface area contributed by atoms with Crippen molar-refractivity contribution in [2.24, 2.45) is 5.92 Å². The van der Waals surface area contributed by atoms with E-state index < -0.39 is 11.9 Å². The van der Waals surface area contributed by atoms with E-state index in [1.165, 1.54) is 0 Å². The van der Waals surface area contributed by atoms with E-state index in [-0.39, 0.29) is 0 Å². The number of carbonyl (C=O) groups is 1. The minimum Gasteiger partial charge on any atom is -0.491 e. The Bertz CT molecular complexity index is 434. The molecule has 21 heavy (non-hydrogen) atoms. The standard InChI is InChI=1S/C17H27NO3/c1-4-6-11-18(13-14(3)17(19)20)15-9-7-8-10-16(15)21-12-5-2/h7-10,14H,4-6,11-13H2,1-3H3,(H,19,20). The van der Waals surface area contributed by atoms with Crippen LogP contribution < -0.4 is 9.64 Å². The largest absolute Gasteiger partial charge is 0.491 e. The van der Waals surface area contributed by atoms with Crippen molar-refractivity contribution < 1.29 is 14.6 Å². The number of benzene rings is 1. The van der Waals surface area contributed by atoms with Gasteiger partial charge >= 0.3 is 5.97 Å². The zero-order chi connectivity index (χ0) is 15.7. The summed E-state index contributed by atoms with van der Waals surface area (Å²) in [7, 11) is 0. The number of hydrogen-bond acceptors (Lipinski definition) is 3. The lowest BCUT2D eigenvalue weighted by Gasteiger charge is -2.28. The van der Waals surface area contributed by atoms with Crippen molar-refractivity contribution in [2.45, 2.75) is 40.0 Å². The lowest BCUT2D eigenvalue weighted by molar-refractivity contribution is -0.140. The quantitative estimate of drug-likeness (QED) is 0.713. The van der Waals surface area contributed by atoms with Crippen LogP contribution in [0.25, 0.3) is 0 Å². The molecule has 1 aromatic rings. The highest BCUT2D eigenvalue weighted by Crippen LogP contribution is 2.29. The maximum Gasteiger partial charge on any atom is 0.308 e. The molecule has 4 heteroatoms. The molecule has 0 amide bonds. The van der Waals surface area contributed by atoms with Crippen LogP contribution in [0.1, 0.15) is 40.0 Å². The first kappa shape index (κ1) is 17.3.